The Morgan fingerprint density at radius 1 is 1.35 bits per heavy atom. The second kappa shape index (κ2) is 6.03. The molecule has 4 nitrogen and oxygen atoms in total. The summed E-state index contributed by atoms with van der Waals surface area (Å²) in [6.07, 6.45) is 1.72. The van der Waals surface area contributed by atoms with Crippen LogP contribution in [0.5, 0.6) is 0 Å². The van der Waals surface area contributed by atoms with Gasteiger partial charge in [0.15, 0.2) is 0 Å². The van der Waals surface area contributed by atoms with E-state index in [1.165, 1.54) is 6.07 Å². The van der Waals surface area contributed by atoms with Crippen LogP contribution < -0.4 is 5.73 Å². The average Bonchev–Trinajstić information content (AvgIpc) is 2.77. The van der Waals surface area contributed by atoms with Crippen LogP contribution in [0.3, 0.4) is 0 Å². The lowest BCUT2D eigenvalue weighted by Crippen LogP contribution is -2.22. The van der Waals surface area contributed by atoms with E-state index in [2.05, 4.69) is 24.7 Å². The fourth-order valence-electron chi connectivity index (χ4n) is 2.05. The molecule has 2 aromatic rings. The van der Waals surface area contributed by atoms with E-state index >= 15 is 0 Å². The third kappa shape index (κ3) is 3.44. The Morgan fingerprint density at radius 2 is 2.10 bits per heavy atom. The van der Waals surface area contributed by atoms with Gasteiger partial charge in [-0.2, -0.15) is 5.10 Å². The van der Waals surface area contributed by atoms with Crippen molar-refractivity contribution in [2.24, 2.45) is 5.73 Å². The summed E-state index contributed by atoms with van der Waals surface area (Å²) in [5.74, 6) is -0.288. The summed E-state index contributed by atoms with van der Waals surface area (Å²) in [5, 5.41) is 5.15. The summed E-state index contributed by atoms with van der Waals surface area (Å²) < 4.78 is 21.1. The minimum absolute atomic E-state index is 0.157. The molecule has 2 N–H and O–H groups in total. The van der Waals surface area contributed by atoms with Crippen LogP contribution in [0.1, 0.15) is 5.56 Å². The number of hydrogen-bond donors (Lipinski definition) is 1. The molecular formula is C14H22FN3OSi. The largest absolute Gasteiger partial charge is 0.360 e. The van der Waals surface area contributed by atoms with Gasteiger partial charge in [-0.05, 0) is 18.2 Å². The third-order valence-corrected chi connectivity index (χ3v) is 4.97. The van der Waals surface area contributed by atoms with Crippen LogP contribution in [-0.2, 0) is 18.0 Å². The van der Waals surface area contributed by atoms with Crippen LogP contribution in [0, 0.1) is 5.82 Å². The molecule has 2 rings (SSSR count). The van der Waals surface area contributed by atoms with E-state index in [9.17, 15) is 4.39 Å². The normalized spacial score (nSPS) is 12.2. The van der Waals surface area contributed by atoms with Crippen LogP contribution in [-0.4, -0.2) is 24.5 Å². The van der Waals surface area contributed by atoms with Gasteiger partial charge in [0.05, 0.1) is 11.7 Å². The molecule has 0 aliphatic heterocycles. The van der Waals surface area contributed by atoms with Gasteiger partial charge >= 0.3 is 0 Å². The quantitative estimate of drug-likeness (QED) is 0.658. The number of benzene rings is 1. The number of nitrogens with zero attached hydrogens (tertiary/aromatic N) is 2. The van der Waals surface area contributed by atoms with Gasteiger partial charge in [-0.3, -0.25) is 0 Å². The monoisotopic (exact) mass is 295 g/mol. The smallest absolute Gasteiger partial charge is 0.140 e. The minimum Gasteiger partial charge on any atom is -0.360 e. The van der Waals surface area contributed by atoms with Crippen LogP contribution in [0.4, 0.5) is 4.39 Å². The lowest BCUT2D eigenvalue weighted by Gasteiger charge is -2.15. The molecular weight excluding hydrogens is 273 g/mol. The van der Waals surface area contributed by atoms with Crippen molar-refractivity contribution in [3.63, 3.8) is 0 Å². The highest BCUT2D eigenvalue weighted by atomic mass is 28.3. The molecule has 1 heterocycles. The van der Waals surface area contributed by atoms with E-state index in [0.29, 0.717) is 18.9 Å². The van der Waals surface area contributed by atoms with Gasteiger partial charge in [0, 0.05) is 32.2 Å². The molecule has 0 saturated carbocycles. The highest BCUT2D eigenvalue weighted by Gasteiger charge is 2.14. The number of halogens is 1. The Kier molecular flexibility index (Phi) is 4.57. The standard InChI is InChI=1S/C14H22FN3OSi/c1-20(2,3)7-6-19-10-18-14-11(9-17-18)4-5-13(15)12(14)8-16/h4-5,9H,6-8,10,16H2,1-3H3. The zero-order chi connectivity index (χ0) is 14.8. The van der Waals surface area contributed by atoms with Crippen molar-refractivity contribution in [2.75, 3.05) is 6.61 Å². The molecule has 0 amide bonds. The van der Waals surface area contributed by atoms with Crippen LogP contribution >= 0.6 is 0 Å². The maximum atomic E-state index is 13.8. The molecule has 0 bridgehead atoms. The summed E-state index contributed by atoms with van der Waals surface area (Å²) in [7, 11) is -1.09. The molecule has 1 aromatic carbocycles. The summed E-state index contributed by atoms with van der Waals surface area (Å²) in [6.45, 7) is 8.13. The number of aromatic nitrogens is 2. The summed E-state index contributed by atoms with van der Waals surface area (Å²) in [5.41, 5.74) is 6.87. The first-order valence-corrected chi connectivity index (χ1v) is 10.5. The highest BCUT2D eigenvalue weighted by Crippen LogP contribution is 2.21. The van der Waals surface area contributed by atoms with Crippen molar-refractivity contribution in [3.05, 3.63) is 29.7 Å². The molecule has 0 fully saturated rings. The Bertz CT molecular complexity index is 592. The first-order chi connectivity index (χ1) is 9.42. The van der Waals surface area contributed by atoms with Gasteiger partial charge in [0.1, 0.15) is 12.5 Å². The molecule has 0 atom stereocenters. The van der Waals surface area contributed by atoms with Crippen molar-refractivity contribution in [3.8, 4) is 0 Å². The predicted molar refractivity (Wildman–Crippen MR) is 81.7 cm³/mol. The third-order valence-electron chi connectivity index (χ3n) is 3.27. The van der Waals surface area contributed by atoms with Crippen molar-refractivity contribution in [1.82, 2.24) is 9.78 Å². The Hall–Kier alpha value is -1.24. The summed E-state index contributed by atoms with van der Waals surface area (Å²) in [4.78, 5) is 0. The fourth-order valence-corrected chi connectivity index (χ4v) is 2.81. The summed E-state index contributed by atoms with van der Waals surface area (Å²) >= 11 is 0. The lowest BCUT2D eigenvalue weighted by molar-refractivity contribution is 0.0816. The topological polar surface area (TPSA) is 53.1 Å². The maximum Gasteiger partial charge on any atom is 0.140 e. The maximum absolute atomic E-state index is 13.8. The zero-order valence-corrected chi connectivity index (χ0v) is 13.3. The SMILES string of the molecule is C[Si](C)(C)CCOCn1ncc2ccc(F)c(CN)c21. The minimum atomic E-state index is -1.09. The van der Waals surface area contributed by atoms with Gasteiger partial charge in [-0.1, -0.05) is 19.6 Å². The van der Waals surface area contributed by atoms with Crippen molar-refractivity contribution in [2.45, 2.75) is 39.0 Å². The molecule has 20 heavy (non-hydrogen) atoms. The average molecular weight is 295 g/mol. The van der Waals surface area contributed by atoms with Crippen molar-refractivity contribution >= 4 is 19.0 Å². The lowest BCUT2D eigenvalue weighted by atomic mass is 10.1. The summed E-state index contributed by atoms with van der Waals surface area (Å²) in [6, 6.07) is 4.25. The van der Waals surface area contributed by atoms with Gasteiger partial charge in [-0.15, -0.1) is 0 Å². The van der Waals surface area contributed by atoms with Gasteiger partial charge in [0.2, 0.25) is 0 Å². The van der Waals surface area contributed by atoms with E-state index in [-0.39, 0.29) is 12.4 Å². The molecule has 0 aliphatic rings. The molecule has 110 valence electrons. The molecule has 0 radical (unpaired) electrons. The molecule has 0 saturated heterocycles. The Morgan fingerprint density at radius 3 is 2.75 bits per heavy atom. The van der Waals surface area contributed by atoms with E-state index in [1.807, 2.05) is 0 Å². The van der Waals surface area contributed by atoms with Crippen LogP contribution in [0.15, 0.2) is 18.3 Å². The molecule has 6 heteroatoms. The van der Waals surface area contributed by atoms with Crippen LogP contribution in [0.25, 0.3) is 10.9 Å². The number of hydrogen-bond acceptors (Lipinski definition) is 3. The van der Waals surface area contributed by atoms with Crippen LogP contribution in [0.2, 0.25) is 25.7 Å². The van der Waals surface area contributed by atoms with E-state index < -0.39 is 8.07 Å². The van der Waals surface area contributed by atoms with Gasteiger partial charge in [0.25, 0.3) is 0 Å². The van der Waals surface area contributed by atoms with Crippen molar-refractivity contribution in [1.29, 1.82) is 0 Å². The second-order valence-electron chi connectivity index (χ2n) is 6.16. The number of nitrogens with two attached hydrogens (primary N) is 1. The number of fused-ring (bicyclic) bond motifs is 1. The van der Waals surface area contributed by atoms with Gasteiger partial charge in [-0.25, -0.2) is 9.07 Å². The number of ether oxygens (including phenoxy) is 1. The molecule has 0 spiro atoms. The van der Waals surface area contributed by atoms with E-state index in [0.717, 1.165) is 16.9 Å². The Labute approximate surface area is 119 Å². The van der Waals surface area contributed by atoms with Crippen molar-refractivity contribution < 1.29 is 9.13 Å². The predicted octanol–water partition coefficient (Wildman–Crippen LogP) is 2.95. The first kappa shape index (κ1) is 15.2. The van der Waals surface area contributed by atoms with Gasteiger partial charge < -0.3 is 10.5 Å². The fraction of sp³-hybridized carbons (Fsp3) is 0.500. The van der Waals surface area contributed by atoms with E-state index in [1.54, 1.807) is 16.9 Å². The number of rotatable bonds is 6. The highest BCUT2D eigenvalue weighted by molar-refractivity contribution is 6.76. The molecule has 0 unspecified atom stereocenters. The Balaban J connectivity index is 2.13. The zero-order valence-electron chi connectivity index (χ0n) is 12.3. The van der Waals surface area contributed by atoms with E-state index in [4.69, 9.17) is 10.5 Å². The first-order valence-electron chi connectivity index (χ1n) is 6.83. The second-order valence-corrected chi connectivity index (χ2v) is 11.8. The molecule has 1 aromatic heterocycles. The molecule has 0 aliphatic carbocycles.